The number of hydrogen-bond donors (Lipinski definition) is 1. The largest absolute Gasteiger partial charge is 0.507 e. The highest BCUT2D eigenvalue weighted by molar-refractivity contribution is 5.97. The number of phenolic OH excluding ortho intramolecular Hbond substituents is 1. The number of aromatic hydroxyl groups is 1. The predicted octanol–water partition coefficient (Wildman–Crippen LogP) is 3.51. The van der Waals surface area contributed by atoms with E-state index in [9.17, 15) is 9.90 Å². The number of phenols is 1. The first-order valence-electron chi connectivity index (χ1n) is 6.08. The second-order valence-corrected chi connectivity index (χ2v) is 4.41. The van der Waals surface area contributed by atoms with Crippen molar-refractivity contribution in [3.8, 4) is 11.5 Å². The first-order chi connectivity index (χ1) is 9.06. The Morgan fingerprint density at radius 2 is 2.00 bits per heavy atom. The van der Waals surface area contributed by atoms with Gasteiger partial charge in [-0.15, -0.1) is 6.58 Å². The zero-order chi connectivity index (χ0) is 14.0. The number of carbonyl (C=O) groups excluding carboxylic acids is 1. The molecule has 19 heavy (non-hydrogen) atoms. The van der Waals surface area contributed by atoms with E-state index in [4.69, 9.17) is 4.74 Å². The molecule has 0 fully saturated rings. The molecule has 0 spiro atoms. The highest BCUT2D eigenvalue weighted by atomic mass is 16.5. The van der Waals surface area contributed by atoms with Gasteiger partial charge in [0.15, 0.2) is 0 Å². The third-order valence-electron chi connectivity index (χ3n) is 3.10. The summed E-state index contributed by atoms with van der Waals surface area (Å²) in [7, 11) is 0. The molecule has 2 aromatic carbocycles. The van der Waals surface area contributed by atoms with Crippen molar-refractivity contribution < 1.29 is 14.6 Å². The Labute approximate surface area is 112 Å². The van der Waals surface area contributed by atoms with Crippen LogP contribution in [0.25, 0.3) is 10.8 Å². The van der Waals surface area contributed by atoms with Gasteiger partial charge in [-0.3, -0.25) is 4.79 Å². The SMILES string of the molecule is C=CCc1c(C)c(OC(C)=O)c2ccccc2c1O. The molecule has 0 aliphatic heterocycles. The second kappa shape index (κ2) is 5.14. The maximum absolute atomic E-state index is 11.3. The van der Waals surface area contributed by atoms with E-state index in [0.717, 1.165) is 16.5 Å². The van der Waals surface area contributed by atoms with Crippen LogP contribution in [-0.4, -0.2) is 11.1 Å². The molecule has 1 N–H and O–H groups in total. The lowest BCUT2D eigenvalue weighted by atomic mass is 9.96. The van der Waals surface area contributed by atoms with E-state index < -0.39 is 0 Å². The Bertz CT molecular complexity index is 657. The number of benzene rings is 2. The summed E-state index contributed by atoms with van der Waals surface area (Å²) in [5, 5.41) is 11.7. The fraction of sp³-hybridized carbons (Fsp3) is 0.188. The Morgan fingerprint density at radius 1 is 1.37 bits per heavy atom. The molecule has 3 nitrogen and oxygen atoms in total. The van der Waals surface area contributed by atoms with E-state index in [1.807, 2.05) is 31.2 Å². The zero-order valence-electron chi connectivity index (χ0n) is 11.1. The van der Waals surface area contributed by atoms with Crippen LogP contribution in [-0.2, 0) is 11.2 Å². The van der Waals surface area contributed by atoms with Crippen LogP contribution in [0, 0.1) is 6.92 Å². The standard InChI is InChI=1S/C16H16O3/c1-4-7-12-10(2)16(19-11(3)17)14-9-6-5-8-13(14)15(12)18/h4-6,8-9,18H,1,7H2,2-3H3. The van der Waals surface area contributed by atoms with Gasteiger partial charge in [0.05, 0.1) is 0 Å². The van der Waals surface area contributed by atoms with Crippen LogP contribution >= 0.6 is 0 Å². The van der Waals surface area contributed by atoms with Gasteiger partial charge in [-0.05, 0) is 18.9 Å². The highest BCUT2D eigenvalue weighted by Gasteiger charge is 2.17. The Morgan fingerprint density at radius 3 is 2.58 bits per heavy atom. The molecule has 0 unspecified atom stereocenters. The fourth-order valence-corrected chi connectivity index (χ4v) is 2.24. The molecular formula is C16H16O3. The molecule has 0 amide bonds. The van der Waals surface area contributed by atoms with Gasteiger partial charge in [-0.1, -0.05) is 30.3 Å². The van der Waals surface area contributed by atoms with E-state index in [-0.39, 0.29) is 11.7 Å². The van der Waals surface area contributed by atoms with Crippen molar-refractivity contribution in [2.75, 3.05) is 0 Å². The van der Waals surface area contributed by atoms with Crippen molar-refractivity contribution in [2.45, 2.75) is 20.3 Å². The zero-order valence-corrected chi connectivity index (χ0v) is 11.1. The third-order valence-corrected chi connectivity index (χ3v) is 3.10. The summed E-state index contributed by atoms with van der Waals surface area (Å²) in [5.74, 6) is 0.366. The molecule has 0 aliphatic rings. The smallest absolute Gasteiger partial charge is 0.308 e. The molecule has 0 radical (unpaired) electrons. The first kappa shape index (κ1) is 13.1. The molecule has 0 bridgehead atoms. The van der Waals surface area contributed by atoms with Crippen LogP contribution in [0.3, 0.4) is 0 Å². The van der Waals surface area contributed by atoms with Crippen LogP contribution in [0.2, 0.25) is 0 Å². The van der Waals surface area contributed by atoms with Gasteiger partial charge in [-0.2, -0.15) is 0 Å². The van der Waals surface area contributed by atoms with Crippen LogP contribution in [0.15, 0.2) is 36.9 Å². The van der Waals surface area contributed by atoms with Crippen molar-refractivity contribution in [1.82, 2.24) is 0 Å². The fourth-order valence-electron chi connectivity index (χ4n) is 2.24. The monoisotopic (exact) mass is 256 g/mol. The molecule has 0 aliphatic carbocycles. The quantitative estimate of drug-likeness (QED) is 0.519. The summed E-state index contributed by atoms with van der Waals surface area (Å²) < 4.78 is 5.32. The van der Waals surface area contributed by atoms with Crippen molar-refractivity contribution in [3.63, 3.8) is 0 Å². The Hall–Kier alpha value is -2.29. The average molecular weight is 256 g/mol. The van der Waals surface area contributed by atoms with Crippen LogP contribution in [0.1, 0.15) is 18.1 Å². The summed E-state index contributed by atoms with van der Waals surface area (Å²) in [6.07, 6.45) is 2.24. The summed E-state index contributed by atoms with van der Waals surface area (Å²) in [6, 6.07) is 7.33. The lowest BCUT2D eigenvalue weighted by Gasteiger charge is -2.15. The normalized spacial score (nSPS) is 10.4. The van der Waals surface area contributed by atoms with Crippen molar-refractivity contribution in [2.24, 2.45) is 0 Å². The number of rotatable bonds is 3. The summed E-state index contributed by atoms with van der Waals surface area (Å²) in [6.45, 7) is 6.90. The minimum Gasteiger partial charge on any atom is -0.507 e. The Kier molecular flexibility index (Phi) is 3.56. The van der Waals surface area contributed by atoms with Gasteiger partial charge in [0, 0.05) is 23.3 Å². The van der Waals surface area contributed by atoms with E-state index >= 15 is 0 Å². The molecule has 0 atom stereocenters. The summed E-state index contributed by atoms with van der Waals surface area (Å²) >= 11 is 0. The minimum absolute atomic E-state index is 0.226. The molecule has 0 saturated carbocycles. The lowest BCUT2D eigenvalue weighted by Crippen LogP contribution is -2.05. The number of allylic oxidation sites excluding steroid dienone is 1. The number of esters is 1. The van der Waals surface area contributed by atoms with Gasteiger partial charge in [0.1, 0.15) is 11.5 Å². The van der Waals surface area contributed by atoms with Gasteiger partial charge < -0.3 is 9.84 Å². The van der Waals surface area contributed by atoms with E-state index in [1.165, 1.54) is 6.92 Å². The molecule has 0 saturated heterocycles. The first-order valence-corrected chi connectivity index (χ1v) is 6.08. The average Bonchev–Trinajstić information content (AvgIpc) is 2.39. The van der Waals surface area contributed by atoms with E-state index in [1.54, 1.807) is 6.08 Å². The second-order valence-electron chi connectivity index (χ2n) is 4.41. The lowest BCUT2D eigenvalue weighted by molar-refractivity contribution is -0.131. The number of carbonyl (C=O) groups is 1. The molecule has 0 aromatic heterocycles. The van der Waals surface area contributed by atoms with Gasteiger partial charge in [-0.25, -0.2) is 0 Å². The van der Waals surface area contributed by atoms with Gasteiger partial charge >= 0.3 is 5.97 Å². The van der Waals surface area contributed by atoms with Gasteiger partial charge in [0.2, 0.25) is 0 Å². The Balaban J connectivity index is 2.83. The third kappa shape index (κ3) is 2.32. The molecule has 98 valence electrons. The van der Waals surface area contributed by atoms with Crippen molar-refractivity contribution in [3.05, 3.63) is 48.0 Å². The molecular weight excluding hydrogens is 240 g/mol. The van der Waals surface area contributed by atoms with Crippen molar-refractivity contribution >= 4 is 16.7 Å². The molecule has 3 heteroatoms. The van der Waals surface area contributed by atoms with Crippen LogP contribution in [0.5, 0.6) is 11.5 Å². The van der Waals surface area contributed by atoms with E-state index in [0.29, 0.717) is 17.6 Å². The van der Waals surface area contributed by atoms with Crippen molar-refractivity contribution in [1.29, 1.82) is 0 Å². The van der Waals surface area contributed by atoms with Crippen LogP contribution in [0.4, 0.5) is 0 Å². The number of hydrogen-bond acceptors (Lipinski definition) is 3. The van der Waals surface area contributed by atoms with Gasteiger partial charge in [0.25, 0.3) is 0 Å². The number of fused-ring (bicyclic) bond motifs is 1. The summed E-state index contributed by atoms with van der Waals surface area (Å²) in [5.41, 5.74) is 1.51. The maximum atomic E-state index is 11.3. The number of ether oxygens (including phenoxy) is 1. The minimum atomic E-state index is -0.372. The molecule has 0 heterocycles. The topological polar surface area (TPSA) is 46.5 Å². The highest BCUT2D eigenvalue weighted by Crippen LogP contribution is 2.40. The molecule has 2 rings (SSSR count). The predicted molar refractivity (Wildman–Crippen MR) is 75.6 cm³/mol. The maximum Gasteiger partial charge on any atom is 0.308 e. The van der Waals surface area contributed by atoms with Crippen LogP contribution < -0.4 is 4.74 Å². The summed E-state index contributed by atoms with van der Waals surface area (Å²) in [4.78, 5) is 11.3. The molecule has 2 aromatic rings. The van der Waals surface area contributed by atoms with E-state index in [2.05, 4.69) is 6.58 Å².